The molecule has 8 heteroatoms. The average Bonchev–Trinajstić information content (AvgIpc) is 3.10. The molecule has 134 valence electrons. The number of H-pyrrole nitrogens is 1. The Morgan fingerprint density at radius 3 is 2.65 bits per heavy atom. The van der Waals surface area contributed by atoms with E-state index in [0.717, 1.165) is 0 Å². The first-order valence-corrected chi connectivity index (χ1v) is 7.97. The molecule has 3 rings (SSSR count). The summed E-state index contributed by atoms with van der Waals surface area (Å²) in [5.41, 5.74) is 1.48. The predicted octanol–water partition coefficient (Wildman–Crippen LogP) is 1.75. The second-order valence-electron chi connectivity index (χ2n) is 5.90. The number of ketones is 1. The van der Waals surface area contributed by atoms with Gasteiger partial charge < -0.3 is 15.0 Å². The Hall–Kier alpha value is -3.42. The monoisotopic (exact) mass is 355 g/mol. The van der Waals surface area contributed by atoms with Gasteiger partial charge in [-0.2, -0.15) is 0 Å². The minimum atomic E-state index is -1.11. The number of para-hydroxylation sites is 2. The van der Waals surface area contributed by atoms with Gasteiger partial charge in [-0.25, -0.2) is 4.79 Å². The Balaban J connectivity index is 1.74. The van der Waals surface area contributed by atoms with Gasteiger partial charge in [-0.15, -0.1) is 0 Å². The van der Waals surface area contributed by atoms with E-state index >= 15 is 0 Å². The first-order chi connectivity index (χ1) is 12.4. The van der Waals surface area contributed by atoms with Crippen LogP contribution in [0.4, 0.5) is 11.4 Å². The summed E-state index contributed by atoms with van der Waals surface area (Å²) in [5.74, 6) is -1.79. The number of hydrogen-bond donors (Lipinski definition) is 2. The van der Waals surface area contributed by atoms with Crippen molar-refractivity contribution < 1.29 is 23.9 Å². The van der Waals surface area contributed by atoms with Crippen LogP contribution >= 0.6 is 0 Å². The molecular weight excluding hydrogens is 338 g/mol. The normalized spacial score (nSPS) is 14.2. The Morgan fingerprint density at radius 2 is 1.96 bits per heavy atom. The van der Waals surface area contributed by atoms with Crippen LogP contribution in [-0.2, 0) is 14.3 Å². The van der Waals surface area contributed by atoms with E-state index in [1.54, 1.807) is 24.3 Å². The number of ether oxygens (including phenoxy) is 1. The van der Waals surface area contributed by atoms with Crippen LogP contribution in [0.1, 0.15) is 34.7 Å². The fourth-order valence-corrected chi connectivity index (χ4v) is 2.64. The SMILES string of the molecule is CC(=O)c1c[nH]c(C(=O)O[C@H](C)C(=O)N2CC(=O)Nc3ccccc32)c1. The van der Waals surface area contributed by atoms with Crippen LogP contribution in [0.25, 0.3) is 0 Å². The third-order valence-electron chi connectivity index (χ3n) is 3.98. The quantitative estimate of drug-likeness (QED) is 0.641. The van der Waals surface area contributed by atoms with Crippen LogP contribution in [0, 0.1) is 0 Å². The lowest BCUT2D eigenvalue weighted by Gasteiger charge is -2.30. The zero-order chi connectivity index (χ0) is 18.8. The van der Waals surface area contributed by atoms with E-state index in [9.17, 15) is 19.2 Å². The lowest BCUT2D eigenvalue weighted by molar-refractivity contribution is -0.128. The van der Waals surface area contributed by atoms with Crippen molar-refractivity contribution in [2.45, 2.75) is 20.0 Å². The van der Waals surface area contributed by atoms with E-state index in [1.165, 1.54) is 31.0 Å². The Bertz CT molecular complexity index is 902. The van der Waals surface area contributed by atoms with Crippen molar-refractivity contribution in [1.29, 1.82) is 0 Å². The van der Waals surface area contributed by atoms with Gasteiger partial charge in [0.15, 0.2) is 11.9 Å². The minimum Gasteiger partial charge on any atom is -0.448 e. The highest BCUT2D eigenvalue weighted by atomic mass is 16.5. The highest BCUT2D eigenvalue weighted by Crippen LogP contribution is 2.29. The van der Waals surface area contributed by atoms with Gasteiger partial charge in [-0.05, 0) is 32.0 Å². The number of nitrogens with one attached hydrogen (secondary N) is 2. The summed E-state index contributed by atoms with van der Waals surface area (Å²) in [6.45, 7) is 2.65. The topological polar surface area (TPSA) is 109 Å². The molecule has 2 amide bonds. The molecule has 1 atom stereocenters. The Labute approximate surface area is 149 Å². The molecule has 0 radical (unpaired) electrons. The number of carbonyl (C=O) groups excluding carboxylic acids is 4. The molecule has 0 saturated carbocycles. The van der Waals surface area contributed by atoms with Crippen molar-refractivity contribution in [1.82, 2.24) is 4.98 Å². The minimum absolute atomic E-state index is 0.0756. The summed E-state index contributed by atoms with van der Waals surface area (Å²) < 4.78 is 5.19. The second-order valence-corrected chi connectivity index (χ2v) is 5.90. The van der Waals surface area contributed by atoms with Crippen LogP contribution < -0.4 is 10.2 Å². The van der Waals surface area contributed by atoms with Gasteiger partial charge in [0.25, 0.3) is 5.91 Å². The molecule has 0 unspecified atom stereocenters. The average molecular weight is 355 g/mol. The zero-order valence-electron chi connectivity index (χ0n) is 14.2. The summed E-state index contributed by atoms with van der Waals surface area (Å²) in [6, 6.07) is 8.24. The summed E-state index contributed by atoms with van der Waals surface area (Å²) in [7, 11) is 0. The predicted molar refractivity (Wildman–Crippen MR) is 93.1 cm³/mol. The number of Topliss-reactive ketones (excluding diaryl/α,β-unsaturated/α-hetero) is 1. The third-order valence-corrected chi connectivity index (χ3v) is 3.98. The number of aromatic amines is 1. The summed E-state index contributed by atoms with van der Waals surface area (Å²) in [5, 5.41) is 2.69. The standard InChI is InChI=1S/C18H17N3O5/c1-10(22)12-7-14(19-8-12)18(25)26-11(2)17(24)21-9-16(23)20-13-5-3-4-6-15(13)21/h3-8,11,19H,9H2,1-2H3,(H,20,23)/t11-/m1/s1. The largest absolute Gasteiger partial charge is 0.448 e. The Morgan fingerprint density at radius 1 is 1.23 bits per heavy atom. The molecule has 1 aromatic carbocycles. The van der Waals surface area contributed by atoms with E-state index in [-0.39, 0.29) is 23.9 Å². The van der Waals surface area contributed by atoms with Crippen LogP contribution in [0.5, 0.6) is 0 Å². The molecule has 0 aliphatic carbocycles. The van der Waals surface area contributed by atoms with E-state index in [4.69, 9.17) is 4.74 Å². The number of benzene rings is 1. The number of amides is 2. The molecule has 2 N–H and O–H groups in total. The van der Waals surface area contributed by atoms with Gasteiger partial charge in [0.2, 0.25) is 5.91 Å². The van der Waals surface area contributed by atoms with Gasteiger partial charge in [-0.3, -0.25) is 19.3 Å². The lowest BCUT2D eigenvalue weighted by atomic mass is 10.1. The molecule has 2 aromatic rings. The first kappa shape index (κ1) is 17.4. The fourth-order valence-electron chi connectivity index (χ4n) is 2.64. The van der Waals surface area contributed by atoms with Gasteiger partial charge in [0.1, 0.15) is 12.2 Å². The van der Waals surface area contributed by atoms with Crippen LogP contribution in [-0.4, -0.2) is 41.2 Å². The molecule has 1 aromatic heterocycles. The molecule has 0 bridgehead atoms. The summed E-state index contributed by atoms with van der Waals surface area (Å²) in [4.78, 5) is 51.9. The number of esters is 1. The van der Waals surface area contributed by atoms with Crippen molar-refractivity contribution in [2.75, 3.05) is 16.8 Å². The van der Waals surface area contributed by atoms with Crippen molar-refractivity contribution in [3.05, 3.63) is 47.8 Å². The van der Waals surface area contributed by atoms with Crippen molar-refractivity contribution in [3.63, 3.8) is 0 Å². The molecule has 1 aliphatic heterocycles. The summed E-state index contributed by atoms with van der Waals surface area (Å²) >= 11 is 0. The molecule has 1 aliphatic rings. The second kappa shape index (κ2) is 6.83. The van der Waals surface area contributed by atoms with E-state index in [2.05, 4.69) is 10.3 Å². The highest BCUT2D eigenvalue weighted by molar-refractivity contribution is 6.11. The molecule has 26 heavy (non-hydrogen) atoms. The first-order valence-electron chi connectivity index (χ1n) is 7.97. The van der Waals surface area contributed by atoms with Crippen LogP contribution in [0.2, 0.25) is 0 Å². The molecule has 0 spiro atoms. The van der Waals surface area contributed by atoms with Gasteiger partial charge in [0, 0.05) is 11.8 Å². The van der Waals surface area contributed by atoms with Crippen molar-refractivity contribution in [3.8, 4) is 0 Å². The lowest BCUT2D eigenvalue weighted by Crippen LogP contribution is -2.47. The van der Waals surface area contributed by atoms with E-state index in [0.29, 0.717) is 16.9 Å². The van der Waals surface area contributed by atoms with E-state index in [1.807, 2.05) is 0 Å². The smallest absolute Gasteiger partial charge is 0.355 e. The maximum absolute atomic E-state index is 12.7. The number of carbonyl (C=O) groups is 4. The molecule has 0 fully saturated rings. The molecular formula is C18H17N3O5. The van der Waals surface area contributed by atoms with Crippen LogP contribution in [0.15, 0.2) is 36.5 Å². The van der Waals surface area contributed by atoms with Crippen LogP contribution in [0.3, 0.4) is 0 Å². The molecule has 0 saturated heterocycles. The number of aromatic nitrogens is 1. The maximum Gasteiger partial charge on any atom is 0.355 e. The van der Waals surface area contributed by atoms with Gasteiger partial charge >= 0.3 is 5.97 Å². The van der Waals surface area contributed by atoms with Gasteiger partial charge in [-0.1, -0.05) is 12.1 Å². The zero-order valence-corrected chi connectivity index (χ0v) is 14.2. The number of anilines is 2. The summed E-state index contributed by atoms with van der Waals surface area (Å²) in [6.07, 6.45) is 0.293. The number of rotatable bonds is 4. The molecule has 8 nitrogen and oxygen atoms in total. The van der Waals surface area contributed by atoms with Gasteiger partial charge in [0.05, 0.1) is 11.4 Å². The molecule has 2 heterocycles. The third kappa shape index (κ3) is 3.34. The number of fused-ring (bicyclic) bond motifs is 1. The maximum atomic E-state index is 12.7. The fraction of sp³-hybridized carbons (Fsp3) is 0.222. The Kier molecular flexibility index (Phi) is 4.57. The van der Waals surface area contributed by atoms with E-state index < -0.39 is 18.0 Å². The highest BCUT2D eigenvalue weighted by Gasteiger charge is 2.31. The number of hydrogen-bond acceptors (Lipinski definition) is 5. The van der Waals surface area contributed by atoms with Crippen molar-refractivity contribution in [2.24, 2.45) is 0 Å². The van der Waals surface area contributed by atoms with Crippen molar-refractivity contribution >= 4 is 34.9 Å². The number of nitrogens with zero attached hydrogens (tertiary/aromatic N) is 1.